The van der Waals surface area contributed by atoms with Crippen molar-refractivity contribution in [3.05, 3.63) is 0 Å². The lowest BCUT2D eigenvalue weighted by atomic mass is 9.86. The lowest BCUT2D eigenvalue weighted by molar-refractivity contribution is 0.0509. The van der Waals surface area contributed by atoms with Gasteiger partial charge in [0.05, 0.1) is 6.10 Å². The van der Waals surface area contributed by atoms with Gasteiger partial charge in [0.25, 0.3) is 0 Å². The van der Waals surface area contributed by atoms with Gasteiger partial charge < -0.3 is 10.8 Å². The Balaban J connectivity index is 1.87. The highest BCUT2D eigenvalue weighted by Crippen LogP contribution is 2.37. The standard InChI is InChI=1S/C15H30N2O/c1-10(2)15(18)7-12-6-14(16)9-17(8-12)11(3)13-4-5-13/h10-15,18H,4-9,16H2,1-3H3. The topological polar surface area (TPSA) is 49.5 Å². The van der Waals surface area contributed by atoms with Crippen molar-refractivity contribution in [1.29, 1.82) is 0 Å². The maximum absolute atomic E-state index is 10.1. The molecule has 0 aromatic carbocycles. The molecule has 2 fully saturated rings. The molecule has 2 rings (SSSR count). The van der Waals surface area contributed by atoms with Crippen molar-refractivity contribution in [3.63, 3.8) is 0 Å². The summed E-state index contributed by atoms with van der Waals surface area (Å²) in [5.74, 6) is 1.84. The van der Waals surface area contributed by atoms with Crippen LogP contribution < -0.4 is 5.73 Å². The predicted molar refractivity (Wildman–Crippen MR) is 75.3 cm³/mol. The smallest absolute Gasteiger partial charge is 0.0566 e. The van der Waals surface area contributed by atoms with Crippen LogP contribution in [0.5, 0.6) is 0 Å². The summed E-state index contributed by atoms with van der Waals surface area (Å²) in [6.07, 6.45) is 4.62. The molecule has 1 heterocycles. The fraction of sp³-hybridized carbons (Fsp3) is 1.00. The quantitative estimate of drug-likeness (QED) is 0.787. The van der Waals surface area contributed by atoms with Gasteiger partial charge in [-0.1, -0.05) is 13.8 Å². The van der Waals surface area contributed by atoms with Crippen LogP contribution >= 0.6 is 0 Å². The van der Waals surface area contributed by atoms with Crippen LogP contribution in [0.2, 0.25) is 0 Å². The zero-order valence-corrected chi connectivity index (χ0v) is 12.2. The number of aliphatic hydroxyl groups excluding tert-OH is 1. The van der Waals surface area contributed by atoms with Gasteiger partial charge in [-0.3, -0.25) is 4.90 Å². The van der Waals surface area contributed by atoms with Crippen LogP contribution in [0.1, 0.15) is 46.5 Å². The second kappa shape index (κ2) is 5.89. The maximum Gasteiger partial charge on any atom is 0.0566 e. The molecule has 1 aliphatic heterocycles. The van der Waals surface area contributed by atoms with Crippen LogP contribution in [-0.4, -0.2) is 41.3 Å². The monoisotopic (exact) mass is 254 g/mol. The van der Waals surface area contributed by atoms with E-state index in [2.05, 4.69) is 25.7 Å². The number of aliphatic hydroxyl groups is 1. The van der Waals surface area contributed by atoms with Gasteiger partial charge in [0.2, 0.25) is 0 Å². The highest BCUT2D eigenvalue weighted by atomic mass is 16.3. The molecule has 2 aliphatic rings. The second-order valence-electron chi connectivity index (χ2n) is 6.94. The lowest BCUT2D eigenvalue weighted by Crippen LogP contribution is -2.51. The number of nitrogens with two attached hydrogens (primary N) is 1. The van der Waals surface area contributed by atoms with Crippen molar-refractivity contribution < 1.29 is 5.11 Å². The Kier molecular flexibility index (Phi) is 4.68. The van der Waals surface area contributed by atoms with Crippen molar-refractivity contribution in [2.24, 2.45) is 23.5 Å². The molecule has 3 N–H and O–H groups in total. The van der Waals surface area contributed by atoms with Gasteiger partial charge in [0.1, 0.15) is 0 Å². The Morgan fingerprint density at radius 1 is 1.22 bits per heavy atom. The third-order valence-electron chi connectivity index (χ3n) is 4.82. The summed E-state index contributed by atoms with van der Waals surface area (Å²) in [6.45, 7) is 8.72. The molecule has 0 amide bonds. The maximum atomic E-state index is 10.1. The first-order valence-corrected chi connectivity index (χ1v) is 7.65. The van der Waals surface area contributed by atoms with Crippen LogP contribution in [0.15, 0.2) is 0 Å². The average molecular weight is 254 g/mol. The molecule has 1 aliphatic carbocycles. The van der Waals surface area contributed by atoms with E-state index in [1.807, 2.05) is 0 Å². The van der Waals surface area contributed by atoms with E-state index in [4.69, 9.17) is 5.73 Å². The summed E-state index contributed by atoms with van der Waals surface area (Å²) in [5.41, 5.74) is 6.20. The molecule has 0 aromatic rings. The Morgan fingerprint density at radius 3 is 2.44 bits per heavy atom. The van der Waals surface area contributed by atoms with Gasteiger partial charge in [0.15, 0.2) is 0 Å². The van der Waals surface area contributed by atoms with E-state index in [1.165, 1.54) is 12.8 Å². The number of nitrogens with zero attached hydrogens (tertiary/aromatic N) is 1. The molecule has 0 aromatic heterocycles. The summed E-state index contributed by atoms with van der Waals surface area (Å²) in [7, 11) is 0. The molecule has 0 radical (unpaired) electrons. The van der Waals surface area contributed by atoms with E-state index < -0.39 is 0 Å². The van der Waals surface area contributed by atoms with E-state index in [0.29, 0.717) is 23.9 Å². The molecule has 1 saturated carbocycles. The minimum Gasteiger partial charge on any atom is -0.393 e. The second-order valence-corrected chi connectivity index (χ2v) is 6.94. The first-order valence-electron chi connectivity index (χ1n) is 7.65. The molecule has 106 valence electrons. The summed E-state index contributed by atoms with van der Waals surface area (Å²) < 4.78 is 0. The number of hydrogen-bond donors (Lipinski definition) is 2. The van der Waals surface area contributed by atoms with Gasteiger partial charge in [-0.05, 0) is 50.4 Å². The number of likely N-dealkylation sites (tertiary alicyclic amines) is 1. The Labute approximate surface area is 112 Å². The normalized spacial score (nSPS) is 33.7. The Morgan fingerprint density at radius 2 is 1.89 bits per heavy atom. The summed E-state index contributed by atoms with van der Waals surface area (Å²) in [4.78, 5) is 2.57. The van der Waals surface area contributed by atoms with Crippen LogP contribution in [0.4, 0.5) is 0 Å². The van der Waals surface area contributed by atoms with E-state index in [-0.39, 0.29) is 6.10 Å². The zero-order chi connectivity index (χ0) is 13.3. The molecule has 4 unspecified atom stereocenters. The minimum atomic E-state index is -0.168. The summed E-state index contributed by atoms with van der Waals surface area (Å²) in [6, 6.07) is 0.986. The predicted octanol–water partition coefficient (Wildman–Crippen LogP) is 1.84. The van der Waals surface area contributed by atoms with Gasteiger partial charge in [0, 0.05) is 25.2 Å². The first-order chi connectivity index (χ1) is 8.47. The zero-order valence-electron chi connectivity index (χ0n) is 12.2. The van der Waals surface area contributed by atoms with Crippen molar-refractivity contribution >= 4 is 0 Å². The van der Waals surface area contributed by atoms with Crippen LogP contribution in [-0.2, 0) is 0 Å². The third-order valence-corrected chi connectivity index (χ3v) is 4.82. The van der Waals surface area contributed by atoms with Crippen LogP contribution in [0.3, 0.4) is 0 Å². The number of rotatable bonds is 5. The van der Waals surface area contributed by atoms with Gasteiger partial charge in [-0.2, -0.15) is 0 Å². The van der Waals surface area contributed by atoms with Crippen LogP contribution in [0, 0.1) is 17.8 Å². The molecule has 3 nitrogen and oxygen atoms in total. The van der Waals surface area contributed by atoms with E-state index >= 15 is 0 Å². The van der Waals surface area contributed by atoms with Crippen molar-refractivity contribution in [3.8, 4) is 0 Å². The third kappa shape index (κ3) is 3.69. The molecule has 1 saturated heterocycles. The highest BCUT2D eigenvalue weighted by molar-refractivity contribution is 4.91. The molecule has 0 bridgehead atoms. The first kappa shape index (κ1) is 14.3. The fourth-order valence-electron chi connectivity index (χ4n) is 3.28. The van der Waals surface area contributed by atoms with Crippen molar-refractivity contribution in [2.45, 2.75) is 64.6 Å². The largest absolute Gasteiger partial charge is 0.393 e. The van der Waals surface area contributed by atoms with Crippen molar-refractivity contribution in [1.82, 2.24) is 4.90 Å². The van der Waals surface area contributed by atoms with E-state index in [9.17, 15) is 5.11 Å². The Hall–Kier alpha value is -0.120. The molecule has 0 spiro atoms. The Bertz CT molecular complexity index is 265. The molecular weight excluding hydrogens is 224 g/mol. The summed E-state index contributed by atoms with van der Waals surface area (Å²) >= 11 is 0. The number of hydrogen-bond acceptors (Lipinski definition) is 3. The molecule has 4 atom stereocenters. The van der Waals surface area contributed by atoms with Gasteiger partial charge in [-0.15, -0.1) is 0 Å². The van der Waals surface area contributed by atoms with Crippen molar-refractivity contribution in [2.75, 3.05) is 13.1 Å². The minimum absolute atomic E-state index is 0.168. The molecule has 3 heteroatoms. The fourth-order valence-corrected chi connectivity index (χ4v) is 3.28. The average Bonchev–Trinajstić information content (AvgIpc) is 3.10. The lowest BCUT2D eigenvalue weighted by Gasteiger charge is -2.40. The molecule has 18 heavy (non-hydrogen) atoms. The van der Waals surface area contributed by atoms with E-state index in [0.717, 1.165) is 31.8 Å². The SMILES string of the molecule is CC(C)C(O)CC1CC(N)CN(C(C)C2CC2)C1. The highest BCUT2D eigenvalue weighted by Gasteiger charge is 2.36. The number of piperidine rings is 1. The van der Waals surface area contributed by atoms with Gasteiger partial charge >= 0.3 is 0 Å². The summed E-state index contributed by atoms with van der Waals surface area (Å²) in [5, 5.41) is 10.1. The molecular formula is C15H30N2O. The van der Waals surface area contributed by atoms with E-state index in [1.54, 1.807) is 0 Å². The van der Waals surface area contributed by atoms with Gasteiger partial charge in [-0.25, -0.2) is 0 Å². The van der Waals surface area contributed by atoms with Crippen LogP contribution in [0.25, 0.3) is 0 Å².